The van der Waals surface area contributed by atoms with E-state index in [4.69, 9.17) is 21.1 Å². The lowest BCUT2D eigenvalue weighted by Gasteiger charge is -2.36. The van der Waals surface area contributed by atoms with Crippen LogP contribution in [0.3, 0.4) is 0 Å². The Bertz CT molecular complexity index is 1680. The summed E-state index contributed by atoms with van der Waals surface area (Å²) in [7, 11) is -2.34. The van der Waals surface area contributed by atoms with Crippen molar-refractivity contribution in [3.8, 4) is 10.4 Å². The van der Waals surface area contributed by atoms with Gasteiger partial charge in [-0.25, -0.2) is 18.0 Å². The van der Waals surface area contributed by atoms with Gasteiger partial charge in [-0.3, -0.25) is 5.32 Å². The Kier molecular flexibility index (Phi) is 10.3. The molecule has 46 heavy (non-hydrogen) atoms. The standard InChI is InChI=1S/C33H40ClN3O7S2/c1-33(2,3)44-16-15-43-32(40)35-25-19-28(45-30(25)31(38)39)23-17-29-26(18-24(23)34)37(22-13-9-6-10-14-22)20-27(36(4)46(29,41)42)21-11-7-5-8-12-21/h6,9-10,13-14,17-19,21,27H,5,7-8,11-12,15-16,20H2,1-4H3,(H,35,40)(H,38,39)/t27-/m0/s1. The van der Waals surface area contributed by atoms with Crippen molar-refractivity contribution in [2.24, 2.45) is 5.92 Å². The van der Waals surface area contributed by atoms with Gasteiger partial charge in [-0.2, -0.15) is 4.31 Å². The number of ether oxygens (including phenoxy) is 2. The van der Waals surface area contributed by atoms with E-state index in [-0.39, 0.29) is 45.7 Å². The maximum absolute atomic E-state index is 14.3. The average molecular weight is 690 g/mol. The number of hydrogen-bond donors (Lipinski definition) is 2. The average Bonchev–Trinajstić information content (AvgIpc) is 3.40. The molecule has 1 atom stereocenters. The number of carbonyl (C=O) groups excluding carboxylic acids is 1. The highest BCUT2D eigenvalue weighted by molar-refractivity contribution is 7.89. The maximum Gasteiger partial charge on any atom is 0.411 e. The fourth-order valence-electron chi connectivity index (χ4n) is 6.10. The van der Waals surface area contributed by atoms with Gasteiger partial charge in [-0.05, 0) is 69.9 Å². The van der Waals surface area contributed by atoms with Crippen LogP contribution in [0, 0.1) is 5.92 Å². The van der Waals surface area contributed by atoms with Crippen LogP contribution in [0.2, 0.25) is 5.02 Å². The Hall–Kier alpha value is -3.16. The van der Waals surface area contributed by atoms with Crippen LogP contribution in [0.1, 0.15) is 62.5 Å². The van der Waals surface area contributed by atoms with E-state index in [1.54, 1.807) is 13.1 Å². The molecule has 1 fully saturated rings. The molecule has 248 valence electrons. The summed E-state index contributed by atoms with van der Waals surface area (Å²) >= 11 is 7.77. The van der Waals surface area contributed by atoms with Gasteiger partial charge in [0.15, 0.2) is 0 Å². The Morgan fingerprint density at radius 1 is 1.07 bits per heavy atom. The topological polar surface area (TPSA) is 125 Å². The zero-order valence-corrected chi connectivity index (χ0v) is 28.8. The lowest BCUT2D eigenvalue weighted by Crippen LogP contribution is -2.46. The molecule has 0 radical (unpaired) electrons. The highest BCUT2D eigenvalue weighted by Crippen LogP contribution is 2.46. The molecular formula is C33H40ClN3O7S2. The molecule has 13 heteroatoms. The second-order valence-electron chi connectivity index (χ2n) is 12.6. The summed E-state index contributed by atoms with van der Waals surface area (Å²) in [4.78, 5) is 27.0. The molecular weight excluding hydrogens is 650 g/mol. The summed E-state index contributed by atoms with van der Waals surface area (Å²) in [6.07, 6.45) is 4.38. The van der Waals surface area contributed by atoms with Crippen molar-refractivity contribution < 1.29 is 32.6 Å². The van der Waals surface area contributed by atoms with Crippen molar-refractivity contribution in [1.82, 2.24) is 4.31 Å². The zero-order valence-electron chi connectivity index (χ0n) is 26.4. The normalized spacial score (nSPS) is 18.9. The fourth-order valence-corrected chi connectivity index (χ4v) is 9.01. The van der Waals surface area contributed by atoms with Gasteiger partial charge < -0.3 is 19.5 Å². The number of aromatic carboxylic acids is 1. The smallest absolute Gasteiger partial charge is 0.411 e. The number of anilines is 3. The predicted octanol–water partition coefficient (Wildman–Crippen LogP) is 7.85. The molecule has 2 aromatic carbocycles. The number of fused-ring (bicyclic) bond motifs is 1. The number of carboxylic acids is 1. The van der Waals surface area contributed by atoms with Crippen LogP contribution >= 0.6 is 22.9 Å². The number of para-hydroxylation sites is 1. The van der Waals surface area contributed by atoms with Gasteiger partial charge in [-0.15, -0.1) is 11.3 Å². The van der Waals surface area contributed by atoms with Gasteiger partial charge in [-0.1, -0.05) is 49.1 Å². The van der Waals surface area contributed by atoms with Crippen LogP contribution in [0.4, 0.5) is 21.9 Å². The molecule has 3 aromatic rings. The van der Waals surface area contributed by atoms with Crippen molar-refractivity contribution >= 4 is 62.1 Å². The number of hydrogen-bond acceptors (Lipinski definition) is 8. The second kappa shape index (κ2) is 13.9. The Labute approximate surface area is 279 Å². The summed E-state index contributed by atoms with van der Waals surface area (Å²) in [5.41, 5.74) is 1.27. The molecule has 2 N–H and O–H groups in total. The quantitative estimate of drug-likeness (QED) is 0.229. The minimum Gasteiger partial charge on any atom is -0.477 e. The van der Waals surface area contributed by atoms with Crippen molar-refractivity contribution in [3.05, 3.63) is 58.4 Å². The summed E-state index contributed by atoms with van der Waals surface area (Å²) in [5, 5.41) is 12.7. The molecule has 1 aromatic heterocycles. The van der Waals surface area contributed by atoms with Gasteiger partial charge >= 0.3 is 12.1 Å². The minimum absolute atomic E-state index is 0.0171. The van der Waals surface area contributed by atoms with Crippen LogP contribution in [-0.2, 0) is 19.5 Å². The first kappa shape index (κ1) is 34.2. The second-order valence-corrected chi connectivity index (χ2v) is 16.0. The van der Waals surface area contributed by atoms with Gasteiger partial charge in [0, 0.05) is 35.8 Å². The highest BCUT2D eigenvalue weighted by Gasteiger charge is 2.41. The number of likely N-dealkylation sites (N-methyl/N-ethyl adjacent to an activating group) is 1. The maximum atomic E-state index is 14.3. The molecule has 0 bridgehead atoms. The molecule has 0 saturated heterocycles. The largest absolute Gasteiger partial charge is 0.477 e. The third-order valence-corrected chi connectivity index (χ3v) is 11.8. The summed E-state index contributed by atoms with van der Waals surface area (Å²) in [6.45, 7) is 6.25. The number of carboxylic acid groups (broad SMARTS) is 1. The van der Waals surface area contributed by atoms with Crippen molar-refractivity contribution in [3.63, 3.8) is 0 Å². The van der Waals surface area contributed by atoms with Gasteiger partial charge in [0.2, 0.25) is 10.0 Å². The van der Waals surface area contributed by atoms with E-state index >= 15 is 0 Å². The number of nitrogens with one attached hydrogen (secondary N) is 1. The van der Waals surface area contributed by atoms with E-state index in [9.17, 15) is 23.1 Å². The third kappa shape index (κ3) is 7.52. The Morgan fingerprint density at radius 3 is 2.41 bits per heavy atom. The molecule has 1 aliphatic heterocycles. The monoisotopic (exact) mass is 689 g/mol. The van der Waals surface area contributed by atoms with Crippen LogP contribution in [0.15, 0.2) is 53.4 Å². The van der Waals surface area contributed by atoms with E-state index in [2.05, 4.69) is 5.32 Å². The Morgan fingerprint density at radius 2 is 1.76 bits per heavy atom. The van der Waals surface area contributed by atoms with E-state index in [1.807, 2.05) is 56.0 Å². The lowest BCUT2D eigenvalue weighted by molar-refractivity contribution is -0.0218. The van der Waals surface area contributed by atoms with E-state index < -0.39 is 27.7 Å². The number of thiophene rings is 1. The van der Waals surface area contributed by atoms with Crippen molar-refractivity contribution in [2.45, 2.75) is 69.4 Å². The number of sulfonamides is 1. The molecule has 5 rings (SSSR count). The number of halogens is 1. The van der Waals surface area contributed by atoms with Crippen LogP contribution in [-0.4, -0.2) is 68.3 Å². The molecule has 10 nitrogen and oxygen atoms in total. The molecule has 1 amide bonds. The van der Waals surface area contributed by atoms with E-state index in [0.29, 0.717) is 22.7 Å². The summed E-state index contributed by atoms with van der Waals surface area (Å²) in [6, 6.07) is 14.0. The number of amides is 1. The first-order chi connectivity index (χ1) is 21.8. The SMILES string of the molecule is CN1[C@H](C2CCCCC2)CN(c2ccccc2)c2cc(Cl)c(-c3cc(NC(=O)OCCOC(C)(C)C)c(C(=O)O)s3)cc2S1(=O)=O. The molecule has 0 spiro atoms. The van der Waals surface area contributed by atoms with Gasteiger partial charge in [0.25, 0.3) is 0 Å². The van der Waals surface area contributed by atoms with Gasteiger partial charge in [0.05, 0.1) is 28.6 Å². The van der Waals surface area contributed by atoms with Crippen molar-refractivity contribution in [2.75, 3.05) is 37.0 Å². The Balaban J connectivity index is 1.53. The molecule has 1 saturated carbocycles. The van der Waals surface area contributed by atoms with E-state index in [1.165, 1.54) is 16.4 Å². The molecule has 0 unspecified atom stereocenters. The predicted molar refractivity (Wildman–Crippen MR) is 181 cm³/mol. The van der Waals surface area contributed by atoms with Gasteiger partial charge in [0.1, 0.15) is 16.4 Å². The number of carbonyl (C=O) groups is 2. The third-order valence-electron chi connectivity index (χ3n) is 8.38. The molecule has 1 aliphatic carbocycles. The first-order valence-electron chi connectivity index (χ1n) is 15.4. The van der Waals surface area contributed by atoms with E-state index in [0.717, 1.165) is 49.1 Å². The first-order valence-corrected chi connectivity index (χ1v) is 18.0. The summed E-state index contributed by atoms with van der Waals surface area (Å²) in [5.74, 6) is -1.04. The number of benzene rings is 2. The minimum atomic E-state index is -3.99. The fraction of sp³-hybridized carbons (Fsp3) is 0.455. The summed E-state index contributed by atoms with van der Waals surface area (Å²) < 4.78 is 40.9. The van der Waals surface area contributed by atoms with Crippen LogP contribution in [0.5, 0.6) is 0 Å². The lowest BCUT2D eigenvalue weighted by atomic mass is 9.83. The zero-order chi connectivity index (χ0) is 33.2. The van der Waals surface area contributed by atoms with Crippen LogP contribution in [0.25, 0.3) is 10.4 Å². The van der Waals surface area contributed by atoms with Crippen LogP contribution < -0.4 is 10.2 Å². The number of nitrogens with zero attached hydrogens (tertiary/aromatic N) is 2. The molecule has 2 aliphatic rings. The number of rotatable bonds is 8. The van der Waals surface area contributed by atoms with Crippen molar-refractivity contribution in [1.29, 1.82) is 0 Å². The molecule has 2 heterocycles. The highest BCUT2D eigenvalue weighted by atomic mass is 35.5.